The lowest BCUT2D eigenvalue weighted by molar-refractivity contribution is 0.0691. The molecule has 0 radical (unpaired) electrons. The number of hydrogen-bond acceptors (Lipinski definition) is 3. The van der Waals surface area contributed by atoms with E-state index in [0.29, 0.717) is 6.54 Å². The monoisotopic (exact) mass is 203 g/mol. The molecule has 0 fully saturated rings. The highest BCUT2D eigenvalue weighted by atomic mass is 16.4. The van der Waals surface area contributed by atoms with E-state index in [2.05, 4.69) is 9.97 Å². The van der Waals surface area contributed by atoms with Gasteiger partial charge in [0.1, 0.15) is 0 Å². The second-order valence-corrected chi connectivity index (χ2v) is 3.10. The minimum absolute atomic E-state index is 0.0545. The van der Waals surface area contributed by atoms with Crippen LogP contribution in [0.1, 0.15) is 16.1 Å². The minimum Gasteiger partial charge on any atom is -0.476 e. The van der Waals surface area contributed by atoms with Crippen LogP contribution in [0.25, 0.3) is 0 Å². The van der Waals surface area contributed by atoms with Crippen molar-refractivity contribution in [2.75, 3.05) is 0 Å². The molecule has 76 valence electrons. The Hall–Kier alpha value is -2.17. The number of imidazole rings is 1. The van der Waals surface area contributed by atoms with E-state index in [4.69, 9.17) is 5.11 Å². The molecule has 5 nitrogen and oxygen atoms in total. The fourth-order valence-electron chi connectivity index (χ4n) is 1.26. The van der Waals surface area contributed by atoms with E-state index >= 15 is 0 Å². The van der Waals surface area contributed by atoms with Crippen LogP contribution < -0.4 is 0 Å². The Morgan fingerprint density at radius 2 is 2.40 bits per heavy atom. The van der Waals surface area contributed by atoms with Crippen molar-refractivity contribution in [2.24, 2.45) is 0 Å². The molecule has 0 amide bonds. The molecule has 0 saturated heterocycles. The Kier molecular flexibility index (Phi) is 2.45. The zero-order chi connectivity index (χ0) is 10.7. The summed E-state index contributed by atoms with van der Waals surface area (Å²) >= 11 is 0. The normalized spacial score (nSPS) is 10.1. The predicted octanol–water partition coefficient (Wildman–Crippen LogP) is 1.02. The summed E-state index contributed by atoms with van der Waals surface area (Å²) in [5.41, 5.74) is 1.06. The molecule has 0 aliphatic carbocycles. The summed E-state index contributed by atoms with van der Waals surface area (Å²) in [5.74, 6) is -1.01. The van der Waals surface area contributed by atoms with Gasteiger partial charge in [-0.15, -0.1) is 0 Å². The summed E-state index contributed by atoms with van der Waals surface area (Å²) in [6, 6.07) is 3.76. The van der Waals surface area contributed by atoms with Crippen LogP contribution in [0, 0.1) is 0 Å². The molecule has 2 rings (SSSR count). The molecular weight excluding hydrogens is 194 g/mol. The Morgan fingerprint density at radius 3 is 3.00 bits per heavy atom. The van der Waals surface area contributed by atoms with E-state index in [9.17, 15) is 4.79 Å². The zero-order valence-corrected chi connectivity index (χ0v) is 7.87. The largest absolute Gasteiger partial charge is 0.476 e. The SMILES string of the molecule is O=C(O)c1cn(Cc2cccnc2)cn1. The van der Waals surface area contributed by atoms with Gasteiger partial charge in [0.15, 0.2) is 5.69 Å². The van der Waals surface area contributed by atoms with Gasteiger partial charge in [0.25, 0.3) is 0 Å². The van der Waals surface area contributed by atoms with Gasteiger partial charge in [0.05, 0.1) is 12.9 Å². The van der Waals surface area contributed by atoms with Crippen molar-refractivity contribution < 1.29 is 9.90 Å². The molecule has 0 atom stereocenters. The van der Waals surface area contributed by atoms with Crippen LogP contribution >= 0.6 is 0 Å². The number of carboxylic acids is 1. The molecule has 5 heteroatoms. The van der Waals surface area contributed by atoms with Gasteiger partial charge in [-0.2, -0.15) is 0 Å². The van der Waals surface area contributed by atoms with Crippen molar-refractivity contribution >= 4 is 5.97 Å². The van der Waals surface area contributed by atoms with Crippen LogP contribution in [-0.2, 0) is 6.54 Å². The number of hydrogen-bond donors (Lipinski definition) is 1. The second kappa shape index (κ2) is 3.91. The van der Waals surface area contributed by atoms with Crippen LogP contribution in [0.4, 0.5) is 0 Å². The zero-order valence-electron chi connectivity index (χ0n) is 7.87. The third-order valence-corrected chi connectivity index (χ3v) is 1.94. The molecule has 2 aromatic heterocycles. The lowest BCUT2D eigenvalue weighted by atomic mass is 10.3. The van der Waals surface area contributed by atoms with Gasteiger partial charge in [0.2, 0.25) is 0 Å². The Balaban J connectivity index is 2.15. The van der Waals surface area contributed by atoms with Crippen molar-refractivity contribution in [2.45, 2.75) is 6.54 Å². The van der Waals surface area contributed by atoms with Gasteiger partial charge in [-0.3, -0.25) is 4.98 Å². The maximum atomic E-state index is 10.6. The van der Waals surface area contributed by atoms with E-state index in [1.807, 2.05) is 12.1 Å². The molecular formula is C10H9N3O2. The molecule has 0 aliphatic heterocycles. The molecule has 0 unspecified atom stereocenters. The molecule has 0 saturated carbocycles. The molecule has 2 heterocycles. The fourth-order valence-corrected chi connectivity index (χ4v) is 1.26. The van der Waals surface area contributed by atoms with E-state index in [-0.39, 0.29) is 5.69 Å². The maximum Gasteiger partial charge on any atom is 0.356 e. The molecule has 15 heavy (non-hydrogen) atoms. The molecule has 0 spiro atoms. The average molecular weight is 203 g/mol. The van der Waals surface area contributed by atoms with Gasteiger partial charge in [-0.25, -0.2) is 9.78 Å². The van der Waals surface area contributed by atoms with Crippen LogP contribution in [0.2, 0.25) is 0 Å². The number of carbonyl (C=O) groups is 1. The smallest absolute Gasteiger partial charge is 0.356 e. The number of aromatic carboxylic acids is 1. The van der Waals surface area contributed by atoms with Gasteiger partial charge < -0.3 is 9.67 Å². The third kappa shape index (κ3) is 2.19. The molecule has 0 aliphatic rings. The first-order valence-electron chi connectivity index (χ1n) is 4.39. The lowest BCUT2D eigenvalue weighted by Crippen LogP contribution is -1.98. The standard InChI is InChI=1S/C10H9N3O2/c14-10(15)9-6-13(7-12-9)5-8-2-1-3-11-4-8/h1-4,6-7H,5H2,(H,14,15). The first kappa shape index (κ1) is 9.39. The first-order valence-corrected chi connectivity index (χ1v) is 4.39. The molecule has 2 aromatic rings. The average Bonchev–Trinajstić information content (AvgIpc) is 2.68. The van der Waals surface area contributed by atoms with Crippen LogP contribution in [0.3, 0.4) is 0 Å². The van der Waals surface area contributed by atoms with Crippen LogP contribution in [0.5, 0.6) is 0 Å². The van der Waals surface area contributed by atoms with Gasteiger partial charge in [-0.1, -0.05) is 6.07 Å². The summed E-state index contributed by atoms with van der Waals surface area (Å²) in [4.78, 5) is 18.3. The summed E-state index contributed by atoms with van der Waals surface area (Å²) in [5, 5.41) is 8.68. The highest BCUT2D eigenvalue weighted by Gasteiger charge is 2.06. The summed E-state index contributed by atoms with van der Waals surface area (Å²) in [6.07, 6.45) is 6.42. The number of aromatic nitrogens is 3. The van der Waals surface area contributed by atoms with Gasteiger partial charge in [0, 0.05) is 18.6 Å². The van der Waals surface area contributed by atoms with Crippen molar-refractivity contribution in [1.82, 2.24) is 14.5 Å². The molecule has 1 N–H and O–H groups in total. The van der Waals surface area contributed by atoms with Gasteiger partial charge >= 0.3 is 5.97 Å². The topological polar surface area (TPSA) is 68.0 Å². The Bertz CT molecular complexity index is 465. The molecule has 0 aromatic carbocycles. The number of nitrogens with zero attached hydrogens (tertiary/aromatic N) is 3. The summed E-state index contributed by atoms with van der Waals surface area (Å²) < 4.78 is 1.71. The van der Waals surface area contributed by atoms with Crippen molar-refractivity contribution in [3.8, 4) is 0 Å². The van der Waals surface area contributed by atoms with E-state index in [0.717, 1.165) is 5.56 Å². The quantitative estimate of drug-likeness (QED) is 0.808. The van der Waals surface area contributed by atoms with E-state index < -0.39 is 5.97 Å². The highest BCUT2D eigenvalue weighted by Crippen LogP contribution is 2.02. The maximum absolute atomic E-state index is 10.6. The third-order valence-electron chi connectivity index (χ3n) is 1.94. The van der Waals surface area contributed by atoms with Crippen molar-refractivity contribution in [3.05, 3.63) is 48.3 Å². The Morgan fingerprint density at radius 1 is 1.53 bits per heavy atom. The number of pyridine rings is 1. The molecule has 0 bridgehead atoms. The number of carboxylic acid groups (broad SMARTS) is 1. The number of rotatable bonds is 3. The van der Waals surface area contributed by atoms with Crippen molar-refractivity contribution in [1.29, 1.82) is 0 Å². The summed E-state index contributed by atoms with van der Waals surface area (Å²) in [7, 11) is 0. The highest BCUT2D eigenvalue weighted by molar-refractivity contribution is 5.84. The van der Waals surface area contributed by atoms with Crippen LogP contribution in [0.15, 0.2) is 37.1 Å². The minimum atomic E-state index is -1.01. The fraction of sp³-hybridized carbons (Fsp3) is 0.100. The van der Waals surface area contributed by atoms with Crippen LogP contribution in [-0.4, -0.2) is 25.6 Å². The lowest BCUT2D eigenvalue weighted by Gasteiger charge is -2.00. The summed E-state index contributed by atoms with van der Waals surface area (Å²) in [6.45, 7) is 0.577. The van der Waals surface area contributed by atoms with Crippen molar-refractivity contribution in [3.63, 3.8) is 0 Å². The predicted molar refractivity (Wildman–Crippen MR) is 52.5 cm³/mol. The van der Waals surface area contributed by atoms with Gasteiger partial charge in [-0.05, 0) is 11.6 Å². The van der Waals surface area contributed by atoms with E-state index in [1.165, 1.54) is 12.5 Å². The second-order valence-electron chi connectivity index (χ2n) is 3.10. The Labute approximate surface area is 86.0 Å². The van der Waals surface area contributed by atoms with E-state index in [1.54, 1.807) is 17.0 Å². The first-order chi connectivity index (χ1) is 7.25.